The molecule has 2 aromatic carbocycles. The Hall–Kier alpha value is -3.99. The normalized spacial score (nSPS) is 22.7. The number of benzene rings is 2. The van der Waals surface area contributed by atoms with Crippen molar-refractivity contribution >= 4 is 17.5 Å². The van der Waals surface area contributed by atoms with E-state index in [0.717, 1.165) is 30.3 Å². The number of alkyl halides is 3. The van der Waals surface area contributed by atoms with Gasteiger partial charge in [-0.1, -0.05) is 25.6 Å². The molecule has 43 heavy (non-hydrogen) atoms. The van der Waals surface area contributed by atoms with Crippen LogP contribution in [0.3, 0.4) is 0 Å². The predicted molar refractivity (Wildman–Crippen MR) is 155 cm³/mol. The van der Waals surface area contributed by atoms with E-state index in [1.54, 1.807) is 30.3 Å². The molecule has 2 fully saturated rings. The second-order valence-electron chi connectivity index (χ2n) is 12.3. The molecule has 0 spiro atoms. The summed E-state index contributed by atoms with van der Waals surface area (Å²) in [4.78, 5) is 28.6. The number of amides is 2. The molecule has 1 saturated carbocycles. The van der Waals surface area contributed by atoms with Gasteiger partial charge in [-0.15, -0.1) is 10.2 Å². The Morgan fingerprint density at radius 1 is 1.23 bits per heavy atom. The Labute approximate surface area is 248 Å². The lowest BCUT2D eigenvalue weighted by Gasteiger charge is -2.46. The van der Waals surface area contributed by atoms with Gasteiger partial charge in [-0.25, -0.2) is 0 Å². The van der Waals surface area contributed by atoms with Crippen LogP contribution in [0.1, 0.15) is 71.2 Å². The van der Waals surface area contributed by atoms with Crippen LogP contribution in [0.15, 0.2) is 55.4 Å². The fraction of sp³-hybridized carbons (Fsp3) is 0.438. The zero-order valence-corrected chi connectivity index (χ0v) is 24.5. The quantitative estimate of drug-likeness (QED) is 0.372. The van der Waals surface area contributed by atoms with Crippen molar-refractivity contribution in [1.82, 2.24) is 25.0 Å². The van der Waals surface area contributed by atoms with Crippen LogP contribution in [0.25, 0.3) is 0 Å². The van der Waals surface area contributed by atoms with Crippen LogP contribution in [-0.2, 0) is 30.0 Å². The van der Waals surface area contributed by atoms with Gasteiger partial charge in [-0.3, -0.25) is 9.59 Å². The van der Waals surface area contributed by atoms with Gasteiger partial charge in [0, 0.05) is 49.9 Å². The minimum atomic E-state index is -4.62. The number of carbonyl (C=O) groups excluding carboxylic acids is 2. The van der Waals surface area contributed by atoms with E-state index >= 15 is 0 Å². The number of hydrogen-bond donors (Lipinski definition) is 1. The summed E-state index contributed by atoms with van der Waals surface area (Å²) >= 11 is 0. The Kier molecular flexibility index (Phi) is 7.19. The smallest absolute Gasteiger partial charge is 0.338 e. The number of aryl methyl sites for hydroxylation is 1. The molecule has 8 nitrogen and oxygen atoms in total. The maximum atomic E-state index is 14.4. The van der Waals surface area contributed by atoms with Gasteiger partial charge in [0.1, 0.15) is 12.2 Å². The number of likely N-dealkylation sites (tertiary alicyclic amines) is 1. The Bertz CT molecular complexity index is 1590. The van der Waals surface area contributed by atoms with Crippen molar-refractivity contribution in [3.05, 3.63) is 89.0 Å². The highest BCUT2D eigenvalue weighted by atomic mass is 19.4. The van der Waals surface area contributed by atoms with Crippen LogP contribution < -0.4 is 10.2 Å². The number of anilines is 1. The molecule has 1 saturated heterocycles. The molecule has 0 radical (unpaired) electrons. The zero-order valence-electron chi connectivity index (χ0n) is 24.5. The fourth-order valence-corrected chi connectivity index (χ4v) is 6.98. The van der Waals surface area contributed by atoms with E-state index in [1.807, 2.05) is 29.8 Å². The van der Waals surface area contributed by atoms with Gasteiger partial charge in [0.25, 0.3) is 5.91 Å². The van der Waals surface area contributed by atoms with E-state index in [2.05, 4.69) is 29.0 Å². The highest BCUT2D eigenvalue weighted by Crippen LogP contribution is 2.52. The van der Waals surface area contributed by atoms with Crippen molar-refractivity contribution in [2.75, 3.05) is 24.5 Å². The first-order valence-electron chi connectivity index (χ1n) is 14.6. The Morgan fingerprint density at radius 3 is 2.60 bits per heavy atom. The van der Waals surface area contributed by atoms with E-state index in [-0.39, 0.29) is 34.9 Å². The molecule has 1 atom stereocenters. The maximum Gasteiger partial charge on any atom is 0.416 e. The molecule has 0 unspecified atom stereocenters. The highest BCUT2D eigenvalue weighted by Gasteiger charge is 2.48. The number of carbonyl (C=O) groups is 2. The molecule has 1 aliphatic carbocycles. The summed E-state index contributed by atoms with van der Waals surface area (Å²) in [7, 11) is 1.90. The maximum absolute atomic E-state index is 14.4. The number of nitrogens with zero attached hydrogens (tertiary/aromatic N) is 5. The summed E-state index contributed by atoms with van der Waals surface area (Å²) in [5.41, 5.74) is 0.866. The van der Waals surface area contributed by atoms with Crippen LogP contribution in [0.4, 0.5) is 18.9 Å². The Morgan fingerprint density at radius 2 is 1.98 bits per heavy atom. The third-order valence-corrected chi connectivity index (χ3v) is 9.27. The van der Waals surface area contributed by atoms with Crippen LogP contribution in [0.2, 0.25) is 0 Å². The first-order valence-corrected chi connectivity index (χ1v) is 14.6. The number of halogens is 3. The van der Waals surface area contributed by atoms with Crippen molar-refractivity contribution in [2.45, 2.75) is 50.9 Å². The van der Waals surface area contributed by atoms with E-state index in [0.29, 0.717) is 36.8 Å². The summed E-state index contributed by atoms with van der Waals surface area (Å²) in [6.07, 6.45) is 0.0617. The average Bonchev–Trinajstić information content (AvgIpc) is 3.51. The molecule has 6 rings (SSSR count). The highest BCUT2D eigenvalue weighted by molar-refractivity contribution is 6.10. The van der Waals surface area contributed by atoms with Gasteiger partial charge in [-0.2, -0.15) is 13.2 Å². The topological polar surface area (TPSA) is 83.4 Å². The van der Waals surface area contributed by atoms with Crippen molar-refractivity contribution in [2.24, 2.45) is 18.9 Å². The van der Waals surface area contributed by atoms with Crippen LogP contribution in [0.5, 0.6) is 0 Å². The number of hydrogen-bond acceptors (Lipinski definition) is 5. The zero-order chi connectivity index (χ0) is 30.7. The second kappa shape index (κ2) is 10.6. The van der Waals surface area contributed by atoms with E-state index in [1.165, 1.54) is 11.0 Å². The molecule has 2 aliphatic heterocycles. The standard InChI is InChI=1S/C32H35F3N6O2/c1-5-28(42)40-15-21(16-40)14-36-20(3)22-9-25-26(27(10-22)32(33,34)35)17-41(29(25)43)24-8-6-7-23(11-24)31(12-19(2)13-31)30-38-37-18-39(30)4/h5-11,18-21,36H,1,12-17H2,2-4H3/t19?,20-,31?/m0/s1. The SMILES string of the molecule is C=CC(=O)N1CC(CN[C@@H](C)c2cc3c(c(C(F)(F)F)c2)CN(c2cccc(C4(c5nncn5C)CC(C)C4)c2)C3=O)C1. The van der Waals surface area contributed by atoms with E-state index in [9.17, 15) is 22.8 Å². The Balaban J connectivity index is 1.26. The number of nitrogens with one attached hydrogen (secondary N) is 1. The molecular weight excluding hydrogens is 557 g/mol. The third kappa shape index (κ3) is 5.03. The summed E-state index contributed by atoms with van der Waals surface area (Å²) < 4.78 is 45.0. The van der Waals surface area contributed by atoms with E-state index in [4.69, 9.17) is 0 Å². The minimum Gasteiger partial charge on any atom is -0.338 e. The van der Waals surface area contributed by atoms with Crippen LogP contribution in [0, 0.1) is 11.8 Å². The average molecular weight is 593 g/mol. The number of fused-ring (bicyclic) bond motifs is 1. The lowest BCUT2D eigenvalue weighted by Crippen LogP contribution is -2.52. The molecule has 226 valence electrons. The molecule has 3 aliphatic rings. The summed E-state index contributed by atoms with van der Waals surface area (Å²) in [5.74, 6) is 0.956. The monoisotopic (exact) mass is 592 g/mol. The molecule has 11 heteroatoms. The molecule has 1 N–H and O–H groups in total. The summed E-state index contributed by atoms with van der Waals surface area (Å²) in [5, 5.41) is 11.8. The molecule has 1 aromatic heterocycles. The molecule has 3 heterocycles. The van der Waals surface area contributed by atoms with Crippen molar-refractivity contribution in [1.29, 1.82) is 0 Å². The van der Waals surface area contributed by atoms with Gasteiger partial charge in [0.15, 0.2) is 0 Å². The first-order chi connectivity index (χ1) is 20.4. The van der Waals surface area contributed by atoms with Gasteiger partial charge in [0.05, 0.1) is 17.5 Å². The van der Waals surface area contributed by atoms with Crippen molar-refractivity contribution in [3.8, 4) is 0 Å². The molecule has 0 bridgehead atoms. The first kappa shape index (κ1) is 29.1. The summed E-state index contributed by atoms with van der Waals surface area (Å²) in [6, 6.07) is 9.88. The minimum absolute atomic E-state index is 0.00305. The van der Waals surface area contributed by atoms with Gasteiger partial charge in [-0.05, 0) is 72.7 Å². The van der Waals surface area contributed by atoms with Gasteiger partial charge >= 0.3 is 6.18 Å². The van der Waals surface area contributed by atoms with Gasteiger partial charge in [0.2, 0.25) is 5.91 Å². The van der Waals surface area contributed by atoms with Crippen LogP contribution >= 0.6 is 0 Å². The number of aromatic nitrogens is 3. The fourth-order valence-electron chi connectivity index (χ4n) is 6.98. The molecule has 2 amide bonds. The lowest BCUT2D eigenvalue weighted by atomic mass is 9.58. The predicted octanol–water partition coefficient (Wildman–Crippen LogP) is 5.01. The van der Waals surface area contributed by atoms with Crippen molar-refractivity contribution < 1.29 is 22.8 Å². The molecule has 3 aromatic rings. The third-order valence-electron chi connectivity index (χ3n) is 9.27. The lowest BCUT2D eigenvalue weighted by molar-refractivity contribution is -0.138. The van der Waals surface area contributed by atoms with E-state index < -0.39 is 23.7 Å². The second-order valence-corrected chi connectivity index (χ2v) is 12.3. The van der Waals surface area contributed by atoms with Gasteiger partial charge < -0.3 is 19.7 Å². The molecular formula is C32H35F3N6O2. The number of rotatable bonds is 8. The summed E-state index contributed by atoms with van der Waals surface area (Å²) in [6.45, 7) is 9.00. The van der Waals surface area contributed by atoms with Crippen LogP contribution in [-0.4, -0.2) is 51.1 Å². The largest absolute Gasteiger partial charge is 0.416 e. The van der Waals surface area contributed by atoms with Crippen molar-refractivity contribution in [3.63, 3.8) is 0 Å².